The summed E-state index contributed by atoms with van der Waals surface area (Å²) in [4.78, 5) is 21.0. The Hall–Kier alpha value is -2.10. The van der Waals surface area contributed by atoms with Crippen LogP contribution in [0, 0.1) is 5.92 Å². The molecule has 1 aromatic carbocycles. The van der Waals surface area contributed by atoms with Crippen LogP contribution < -0.4 is 4.90 Å². The third-order valence-electron chi connectivity index (χ3n) is 4.56. The number of aromatic nitrogens is 1. The molecule has 0 spiro atoms. The van der Waals surface area contributed by atoms with Gasteiger partial charge in [0.05, 0.1) is 0 Å². The van der Waals surface area contributed by atoms with E-state index in [0.29, 0.717) is 12.3 Å². The molecule has 2 heterocycles. The van der Waals surface area contributed by atoms with Gasteiger partial charge in [-0.15, -0.1) is 0 Å². The van der Waals surface area contributed by atoms with Crippen molar-refractivity contribution in [3.63, 3.8) is 0 Å². The van der Waals surface area contributed by atoms with Gasteiger partial charge in [-0.05, 0) is 32.2 Å². The molecule has 0 radical (unpaired) electrons. The molecule has 0 N–H and O–H groups in total. The lowest BCUT2D eigenvalue weighted by atomic mass is 10.1. The van der Waals surface area contributed by atoms with Gasteiger partial charge in [0.1, 0.15) is 5.82 Å². The molecule has 0 bridgehead atoms. The van der Waals surface area contributed by atoms with Crippen LogP contribution in [0.3, 0.4) is 0 Å². The molecule has 1 unspecified atom stereocenters. The SMILES string of the molecule is CN(CC1CC(=O)N(C(C)(C)C)C1)c1nccc2ccccc12. The summed E-state index contributed by atoms with van der Waals surface area (Å²) in [6, 6.07) is 10.3. The van der Waals surface area contributed by atoms with E-state index in [0.717, 1.165) is 24.3 Å². The maximum Gasteiger partial charge on any atom is 0.223 e. The van der Waals surface area contributed by atoms with Crippen molar-refractivity contribution in [3.05, 3.63) is 36.5 Å². The Bertz CT molecular complexity index is 715. The second-order valence-corrected chi connectivity index (χ2v) is 7.48. The number of fused-ring (bicyclic) bond motifs is 1. The molecule has 3 rings (SSSR count). The van der Waals surface area contributed by atoms with Crippen molar-refractivity contribution in [2.24, 2.45) is 5.92 Å². The van der Waals surface area contributed by atoms with E-state index in [9.17, 15) is 4.79 Å². The number of carbonyl (C=O) groups excluding carboxylic acids is 1. The Morgan fingerprint density at radius 1 is 1.26 bits per heavy atom. The number of hydrogen-bond acceptors (Lipinski definition) is 3. The highest BCUT2D eigenvalue weighted by Crippen LogP contribution is 2.29. The predicted molar refractivity (Wildman–Crippen MR) is 94.6 cm³/mol. The average Bonchev–Trinajstić information content (AvgIpc) is 2.87. The summed E-state index contributed by atoms with van der Waals surface area (Å²) in [5.74, 6) is 1.61. The lowest BCUT2D eigenvalue weighted by molar-refractivity contribution is -0.131. The van der Waals surface area contributed by atoms with Crippen LogP contribution in [0.25, 0.3) is 10.8 Å². The Labute approximate surface area is 138 Å². The maximum absolute atomic E-state index is 12.3. The summed E-state index contributed by atoms with van der Waals surface area (Å²) in [6.07, 6.45) is 2.49. The van der Waals surface area contributed by atoms with Crippen LogP contribution in [0.15, 0.2) is 36.5 Å². The molecule has 1 aromatic heterocycles. The van der Waals surface area contributed by atoms with Crippen molar-refractivity contribution in [3.8, 4) is 0 Å². The summed E-state index contributed by atoms with van der Waals surface area (Å²) in [5.41, 5.74) is -0.0951. The van der Waals surface area contributed by atoms with E-state index >= 15 is 0 Å². The minimum absolute atomic E-state index is 0.0951. The third-order valence-corrected chi connectivity index (χ3v) is 4.56. The Morgan fingerprint density at radius 2 is 2.00 bits per heavy atom. The smallest absolute Gasteiger partial charge is 0.223 e. The topological polar surface area (TPSA) is 36.4 Å². The highest BCUT2D eigenvalue weighted by molar-refractivity contribution is 5.92. The van der Waals surface area contributed by atoms with E-state index in [1.165, 1.54) is 5.39 Å². The normalized spacial score (nSPS) is 18.7. The molecular formula is C19H25N3O. The van der Waals surface area contributed by atoms with Gasteiger partial charge in [0, 0.05) is 49.6 Å². The molecule has 2 aromatic rings. The van der Waals surface area contributed by atoms with E-state index in [-0.39, 0.29) is 11.4 Å². The van der Waals surface area contributed by atoms with Gasteiger partial charge in [0.2, 0.25) is 5.91 Å². The summed E-state index contributed by atoms with van der Waals surface area (Å²) >= 11 is 0. The zero-order chi connectivity index (χ0) is 16.6. The van der Waals surface area contributed by atoms with Crippen molar-refractivity contribution >= 4 is 22.5 Å². The zero-order valence-corrected chi connectivity index (χ0v) is 14.4. The first kappa shape index (κ1) is 15.8. The van der Waals surface area contributed by atoms with Crippen LogP contribution in [-0.2, 0) is 4.79 Å². The van der Waals surface area contributed by atoms with Gasteiger partial charge in [0.25, 0.3) is 0 Å². The van der Waals surface area contributed by atoms with Gasteiger partial charge in [0.15, 0.2) is 0 Å². The predicted octanol–water partition coefficient (Wildman–Crippen LogP) is 3.32. The molecule has 1 fully saturated rings. The maximum atomic E-state index is 12.3. The number of anilines is 1. The van der Waals surface area contributed by atoms with Crippen molar-refractivity contribution in [2.45, 2.75) is 32.7 Å². The second-order valence-electron chi connectivity index (χ2n) is 7.48. The lowest BCUT2D eigenvalue weighted by Gasteiger charge is -2.32. The fourth-order valence-electron chi connectivity index (χ4n) is 3.43. The molecule has 4 nitrogen and oxygen atoms in total. The fourth-order valence-corrected chi connectivity index (χ4v) is 3.43. The van der Waals surface area contributed by atoms with E-state index in [1.54, 1.807) is 0 Å². The largest absolute Gasteiger partial charge is 0.359 e. The minimum atomic E-state index is -0.0951. The Morgan fingerprint density at radius 3 is 2.70 bits per heavy atom. The van der Waals surface area contributed by atoms with E-state index in [2.05, 4.69) is 49.8 Å². The highest BCUT2D eigenvalue weighted by Gasteiger charge is 2.36. The first-order chi connectivity index (χ1) is 10.9. The number of rotatable bonds is 3. The molecule has 1 aliphatic heterocycles. The van der Waals surface area contributed by atoms with E-state index < -0.39 is 0 Å². The van der Waals surface area contributed by atoms with Gasteiger partial charge in [-0.25, -0.2) is 4.98 Å². The summed E-state index contributed by atoms with van der Waals surface area (Å²) in [5, 5.41) is 2.36. The molecule has 1 atom stereocenters. The Balaban J connectivity index is 1.77. The van der Waals surface area contributed by atoms with E-state index in [4.69, 9.17) is 0 Å². The molecule has 4 heteroatoms. The van der Waals surface area contributed by atoms with E-state index in [1.807, 2.05) is 29.3 Å². The van der Waals surface area contributed by atoms with Gasteiger partial charge in [-0.3, -0.25) is 4.79 Å². The molecular weight excluding hydrogens is 286 g/mol. The number of benzene rings is 1. The van der Waals surface area contributed by atoms with Crippen LogP contribution >= 0.6 is 0 Å². The Kier molecular flexibility index (Phi) is 4.00. The number of amides is 1. The number of carbonyl (C=O) groups is 1. The summed E-state index contributed by atoms with van der Waals surface area (Å²) in [7, 11) is 2.07. The number of pyridine rings is 1. The quantitative estimate of drug-likeness (QED) is 0.872. The number of likely N-dealkylation sites (tertiary alicyclic amines) is 1. The van der Waals surface area contributed by atoms with Crippen LogP contribution in [0.4, 0.5) is 5.82 Å². The molecule has 1 aliphatic rings. The molecule has 23 heavy (non-hydrogen) atoms. The number of nitrogens with zero attached hydrogens (tertiary/aromatic N) is 3. The number of hydrogen-bond donors (Lipinski definition) is 0. The van der Waals surface area contributed by atoms with Crippen molar-refractivity contribution in [1.82, 2.24) is 9.88 Å². The molecule has 1 amide bonds. The van der Waals surface area contributed by atoms with Crippen LogP contribution in [0.2, 0.25) is 0 Å². The first-order valence-corrected chi connectivity index (χ1v) is 8.21. The standard InChI is InChI=1S/C19H25N3O/c1-19(2,3)22-13-14(11-17(22)23)12-21(4)18-16-8-6-5-7-15(16)9-10-20-18/h5-10,14H,11-13H2,1-4H3. The van der Waals surface area contributed by atoms with Gasteiger partial charge in [-0.1, -0.05) is 24.3 Å². The van der Waals surface area contributed by atoms with Gasteiger partial charge in [-0.2, -0.15) is 0 Å². The summed E-state index contributed by atoms with van der Waals surface area (Å²) in [6.45, 7) is 7.98. The molecule has 122 valence electrons. The monoisotopic (exact) mass is 311 g/mol. The van der Waals surface area contributed by atoms with Crippen LogP contribution in [0.1, 0.15) is 27.2 Å². The van der Waals surface area contributed by atoms with Crippen molar-refractivity contribution in [2.75, 3.05) is 25.0 Å². The lowest BCUT2D eigenvalue weighted by Crippen LogP contribution is -2.42. The zero-order valence-electron chi connectivity index (χ0n) is 14.4. The van der Waals surface area contributed by atoms with Gasteiger partial charge < -0.3 is 9.80 Å². The molecule has 0 aliphatic carbocycles. The third kappa shape index (κ3) is 3.16. The van der Waals surface area contributed by atoms with Gasteiger partial charge >= 0.3 is 0 Å². The van der Waals surface area contributed by atoms with Crippen LogP contribution in [0.5, 0.6) is 0 Å². The molecule has 1 saturated heterocycles. The average molecular weight is 311 g/mol. The minimum Gasteiger partial charge on any atom is -0.359 e. The summed E-state index contributed by atoms with van der Waals surface area (Å²) < 4.78 is 0. The second kappa shape index (κ2) is 5.84. The van der Waals surface area contributed by atoms with Crippen molar-refractivity contribution < 1.29 is 4.79 Å². The molecule has 0 saturated carbocycles. The van der Waals surface area contributed by atoms with Crippen LogP contribution in [-0.4, -0.2) is 41.5 Å². The highest BCUT2D eigenvalue weighted by atomic mass is 16.2. The van der Waals surface area contributed by atoms with Crippen molar-refractivity contribution in [1.29, 1.82) is 0 Å². The first-order valence-electron chi connectivity index (χ1n) is 8.21. The fraction of sp³-hybridized carbons (Fsp3) is 0.474.